The van der Waals surface area contributed by atoms with Crippen LogP contribution in [0.3, 0.4) is 0 Å². The second-order valence-corrected chi connectivity index (χ2v) is 5.38. The molecule has 0 spiro atoms. The first kappa shape index (κ1) is 13.3. The minimum Gasteiger partial charge on any atom is -0.481 e. The lowest BCUT2D eigenvalue weighted by atomic mass is 10.0. The summed E-state index contributed by atoms with van der Waals surface area (Å²) in [5, 5.41) is 8.90. The Hall–Kier alpha value is -1.10. The molecular formula is C13H22N2O3. The molecule has 1 amide bonds. The Bertz CT molecular complexity index is 326. The summed E-state index contributed by atoms with van der Waals surface area (Å²) in [6.45, 7) is 5.14. The van der Waals surface area contributed by atoms with E-state index in [1.807, 2.05) is 0 Å². The molecule has 1 N–H and O–H groups in total. The van der Waals surface area contributed by atoms with Crippen LogP contribution in [0.2, 0.25) is 0 Å². The minimum atomic E-state index is -1.02. The van der Waals surface area contributed by atoms with Crippen LogP contribution in [0.25, 0.3) is 0 Å². The van der Waals surface area contributed by atoms with Crippen molar-refractivity contribution >= 4 is 11.9 Å². The van der Waals surface area contributed by atoms with Gasteiger partial charge in [0, 0.05) is 19.1 Å². The van der Waals surface area contributed by atoms with Gasteiger partial charge in [-0.25, -0.2) is 0 Å². The van der Waals surface area contributed by atoms with Gasteiger partial charge in [0.05, 0.1) is 0 Å². The van der Waals surface area contributed by atoms with Crippen molar-refractivity contribution in [2.45, 2.75) is 38.6 Å². The lowest BCUT2D eigenvalue weighted by Crippen LogP contribution is -2.50. The maximum absolute atomic E-state index is 12.0. The summed E-state index contributed by atoms with van der Waals surface area (Å²) in [5.41, 5.74) is 0. The van der Waals surface area contributed by atoms with Crippen molar-refractivity contribution in [1.29, 1.82) is 0 Å². The molecule has 0 bridgehead atoms. The molecule has 2 aliphatic rings. The van der Waals surface area contributed by atoms with Crippen LogP contribution >= 0.6 is 0 Å². The normalized spacial score (nSPS) is 27.2. The Labute approximate surface area is 108 Å². The second-order valence-electron chi connectivity index (χ2n) is 5.38. The number of aliphatic carboxylic acids is 1. The third-order valence-corrected chi connectivity index (χ3v) is 4.11. The summed E-state index contributed by atoms with van der Waals surface area (Å²) >= 11 is 0. The number of likely N-dealkylation sites (tertiary alicyclic amines) is 2. The summed E-state index contributed by atoms with van der Waals surface area (Å²) in [6, 6.07) is 0.436. The van der Waals surface area contributed by atoms with Crippen LogP contribution in [0, 0.1) is 5.92 Å². The van der Waals surface area contributed by atoms with Crippen molar-refractivity contribution in [2.24, 2.45) is 5.92 Å². The molecule has 0 aliphatic carbocycles. The van der Waals surface area contributed by atoms with E-state index in [2.05, 4.69) is 4.90 Å². The number of carboxylic acids is 1. The number of carbonyl (C=O) groups excluding carboxylic acids is 1. The highest BCUT2D eigenvalue weighted by Crippen LogP contribution is 2.21. The van der Waals surface area contributed by atoms with Crippen molar-refractivity contribution < 1.29 is 14.7 Å². The standard InChI is InChI=1S/C13H22N2O3/c1-10(13(17)18)12(16)15-8-4-5-11(9-15)14-6-2-3-7-14/h10-11H,2-9H2,1H3,(H,17,18). The van der Waals surface area contributed by atoms with E-state index in [0.29, 0.717) is 19.1 Å². The van der Waals surface area contributed by atoms with Gasteiger partial charge in [0.2, 0.25) is 5.91 Å². The van der Waals surface area contributed by atoms with Gasteiger partial charge in [-0.3, -0.25) is 14.5 Å². The zero-order valence-corrected chi connectivity index (χ0v) is 11.0. The highest BCUT2D eigenvalue weighted by atomic mass is 16.4. The monoisotopic (exact) mass is 254 g/mol. The Morgan fingerprint density at radius 3 is 2.44 bits per heavy atom. The number of piperidine rings is 1. The van der Waals surface area contributed by atoms with E-state index < -0.39 is 11.9 Å². The largest absolute Gasteiger partial charge is 0.481 e. The van der Waals surface area contributed by atoms with Crippen molar-refractivity contribution in [3.05, 3.63) is 0 Å². The molecule has 2 rings (SSSR count). The zero-order chi connectivity index (χ0) is 13.1. The van der Waals surface area contributed by atoms with E-state index in [4.69, 9.17) is 5.11 Å². The molecule has 2 aliphatic heterocycles. The first-order valence-electron chi connectivity index (χ1n) is 6.85. The summed E-state index contributed by atoms with van der Waals surface area (Å²) in [4.78, 5) is 27.1. The predicted molar refractivity (Wildman–Crippen MR) is 67.2 cm³/mol. The fraction of sp³-hybridized carbons (Fsp3) is 0.846. The van der Waals surface area contributed by atoms with Gasteiger partial charge in [0.15, 0.2) is 0 Å². The highest BCUT2D eigenvalue weighted by molar-refractivity contribution is 5.96. The van der Waals surface area contributed by atoms with Gasteiger partial charge in [-0.05, 0) is 45.7 Å². The van der Waals surface area contributed by atoms with Crippen molar-refractivity contribution in [3.63, 3.8) is 0 Å². The summed E-state index contributed by atoms with van der Waals surface area (Å²) in [6.07, 6.45) is 4.61. The topological polar surface area (TPSA) is 60.9 Å². The molecular weight excluding hydrogens is 232 g/mol. The zero-order valence-electron chi connectivity index (χ0n) is 11.0. The van der Waals surface area contributed by atoms with Gasteiger partial charge >= 0.3 is 5.97 Å². The first-order valence-corrected chi connectivity index (χ1v) is 6.85. The Kier molecular flexibility index (Phi) is 4.22. The van der Waals surface area contributed by atoms with Crippen LogP contribution < -0.4 is 0 Å². The average Bonchev–Trinajstić information content (AvgIpc) is 2.91. The first-order chi connectivity index (χ1) is 8.59. The van der Waals surface area contributed by atoms with Crippen LogP contribution in [0.15, 0.2) is 0 Å². The average molecular weight is 254 g/mol. The van der Waals surface area contributed by atoms with E-state index >= 15 is 0 Å². The summed E-state index contributed by atoms with van der Waals surface area (Å²) in [5.74, 6) is -2.17. The van der Waals surface area contributed by atoms with Gasteiger partial charge in [-0.15, -0.1) is 0 Å². The van der Waals surface area contributed by atoms with Gasteiger partial charge in [0.1, 0.15) is 5.92 Å². The molecule has 5 nitrogen and oxygen atoms in total. The summed E-state index contributed by atoms with van der Waals surface area (Å²) < 4.78 is 0. The quantitative estimate of drug-likeness (QED) is 0.757. The van der Waals surface area contributed by atoms with Gasteiger partial charge in [-0.2, -0.15) is 0 Å². The Morgan fingerprint density at radius 1 is 1.17 bits per heavy atom. The molecule has 2 unspecified atom stereocenters. The molecule has 2 fully saturated rings. The van der Waals surface area contributed by atoms with Crippen molar-refractivity contribution in [1.82, 2.24) is 9.80 Å². The highest BCUT2D eigenvalue weighted by Gasteiger charge is 2.32. The number of hydrogen-bond donors (Lipinski definition) is 1. The molecule has 102 valence electrons. The molecule has 0 saturated carbocycles. The van der Waals surface area contributed by atoms with Crippen molar-refractivity contribution in [2.75, 3.05) is 26.2 Å². The molecule has 18 heavy (non-hydrogen) atoms. The molecule has 0 radical (unpaired) electrons. The molecule has 2 atom stereocenters. The lowest BCUT2D eigenvalue weighted by Gasteiger charge is -2.38. The van der Waals surface area contributed by atoms with E-state index in [-0.39, 0.29) is 5.91 Å². The summed E-state index contributed by atoms with van der Waals surface area (Å²) in [7, 11) is 0. The molecule has 0 aromatic heterocycles. The number of nitrogens with zero attached hydrogens (tertiary/aromatic N) is 2. The molecule has 2 heterocycles. The number of carbonyl (C=O) groups is 2. The molecule has 5 heteroatoms. The SMILES string of the molecule is CC(C(=O)O)C(=O)N1CCCC(N2CCCC2)C1. The Morgan fingerprint density at radius 2 is 1.83 bits per heavy atom. The molecule has 2 saturated heterocycles. The van der Waals surface area contributed by atoms with Crippen molar-refractivity contribution in [3.8, 4) is 0 Å². The third-order valence-electron chi connectivity index (χ3n) is 4.11. The van der Waals surface area contributed by atoms with Gasteiger partial charge in [0.25, 0.3) is 0 Å². The van der Waals surface area contributed by atoms with E-state index in [1.165, 1.54) is 19.8 Å². The fourth-order valence-electron chi connectivity index (χ4n) is 2.94. The van der Waals surface area contributed by atoms with Crippen LogP contribution in [-0.2, 0) is 9.59 Å². The van der Waals surface area contributed by atoms with E-state index in [0.717, 1.165) is 25.9 Å². The minimum absolute atomic E-state index is 0.230. The van der Waals surface area contributed by atoms with Gasteiger partial charge in [-0.1, -0.05) is 0 Å². The number of carboxylic acid groups (broad SMARTS) is 1. The third kappa shape index (κ3) is 2.83. The van der Waals surface area contributed by atoms with Crippen LogP contribution in [0.5, 0.6) is 0 Å². The van der Waals surface area contributed by atoms with Crippen LogP contribution in [0.4, 0.5) is 0 Å². The smallest absolute Gasteiger partial charge is 0.315 e. The maximum Gasteiger partial charge on any atom is 0.315 e. The molecule has 0 aromatic rings. The Balaban J connectivity index is 1.93. The van der Waals surface area contributed by atoms with Crippen LogP contribution in [0.1, 0.15) is 32.6 Å². The van der Waals surface area contributed by atoms with E-state index in [9.17, 15) is 9.59 Å². The van der Waals surface area contributed by atoms with Gasteiger partial charge < -0.3 is 10.0 Å². The number of amides is 1. The molecule has 0 aromatic carbocycles. The predicted octanol–water partition coefficient (Wildman–Crippen LogP) is 0.794. The second kappa shape index (κ2) is 5.69. The van der Waals surface area contributed by atoms with Crippen LogP contribution in [-0.4, -0.2) is 59.0 Å². The van der Waals surface area contributed by atoms with E-state index in [1.54, 1.807) is 4.90 Å². The fourth-order valence-corrected chi connectivity index (χ4v) is 2.94. The maximum atomic E-state index is 12.0. The lowest BCUT2D eigenvalue weighted by molar-refractivity contribution is -0.151. The number of rotatable bonds is 3. The number of hydrogen-bond acceptors (Lipinski definition) is 3.